The summed E-state index contributed by atoms with van der Waals surface area (Å²) in [5, 5.41) is 21.8. The number of carbonyl (C=O) groups excluding carboxylic acids is 1. The van der Waals surface area contributed by atoms with Gasteiger partial charge in [-0.2, -0.15) is 5.10 Å². The van der Waals surface area contributed by atoms with Crippen LogP contribution in [0.25, 0.3) is 22.1 Å². The zero-order chi connectivity index (χ0) is 25.1. The largest absolute Gasteiger partial charge is 0.320 e. The molecule has 1 N–H and O–H groups in total. The van der Waals surface area contributed by atoms with Crippen LogP contribution in [-0.4, -0.2) is 47.5 Å². The van der Waals surface area contributed by atoms with Crippen LogP contribution in [0.4, 0.5) is 0 Å². The first-order chi connectivity index (χ1) is 17.6. The van der Waals surface area contributed by atoms with Crippen LogP contribution in [0.15, 0.2) is 76.5 Å². The van der Waals surface area contributed by atoms with E-state index in [1.807, 2.05) is 49.4 Å². The lowest BCUT2D eigenvalue weighted by atomic mass is 10.1. The van der Waals surface area contributed by atoms with Crippen molar-refractivity contribution in [2.24, 2.45) is 10.2 Å². The molecule has 0 aliphatic carbocycles. The van der Waals surface area contributed by atoms with Crippen LogP contribution in [0, 0.1) is 6.92 Å². The van der Waals surface area contributed by atoms with Crippen molar-refractivity contribution in [2.45, 2.75) is 37.2 Å². The summed E-state index contributed by atoms with van der Waals surface area (Å²) in [6, 6.07) is 16.2. The van der Waals surface area contributed by atoms with Crippen LogP contribution in [0.1, 0.15) is 24.5 Å². The van der Waals surface area contributed by atoms with Crippen molar-refractivity contribution in [3.63, 3.8) is 0 Å². The minimum atomic E-state index is -0.396. The van der Waals surface area contributed by atoms with Gasteiger partial charge < -0.3 is 9.88 Å². The van der Waals surface area contributed by atoms with Gasteiger partial charge in [0.15, 0.2) is 10.8 Å². The molecule has 2 aromatic carbocycles. The number of nitrogens with one attached hydrogen (secondary N) is 1. The fourth-order valence-electron chi connectivity index (χ4n) is 3.94. The molecular weight excluding hydrogens is 490 g/mol. The zero-order valence-corrected chi connectivity index (χ0v) is 21.6. The summed E-state index contributed by atoms with van der Waals surface area (Å²) in [5.74, 6) is 0.488. The topological polar surface area (TPSA) is 97.4 Å². The van der Waals surface area contributed by atoms with Crippen molar-refractivity contribution in [1.29, 1.82) is 0 Å². The fraction of sp³-hybridized carbons (Fsp3) is 0.231. The molecule has 0 saturated carbocycles. The Labute approximate surface area is 217 Å². The molecule has 0 spiro atoms. The van der Waals surface area contributed by atoms with Gasteiger partial charge in [-0.25, -0.2) is 4.98 Å². The van der Waals surface area contributed by atoms with Gasteiger partial charge in [-0.3, -0.25) is 4.79 Å². The maximum atomic E-state index is 13.0. The second-order valence-corrected chi connectivity index (χ2v) is 10.4. The summed E-state index contributed by atoms with van der Waals surface area (Å²) in [7, 11) is 0. The lowest BCUT2D eigenvalue weighted by Crippen LogP contribution is -2.37. The third kappa shape index (κ3) is 4.91. The maximum absolute atomic E-state index is 13.0. The molecule has 0 saturated heterocycles. The third-order valence-corrected chi connectivity index (χ3v) is 7.89. The van der Waals surface area contributed by atoms with Gasteiger partial charge in [0.1, 0.15) is 5.52 Å². The average molecular weight is 516 g/mol. The number of aryl methyl sites for hydroxylation is 1. The van der Waals surface area contributed by atoms with Gasteiger partial charge in [0.2, 0.25) is 11.1 Å². The summed E-state index contributed by atoms with van der Waals surface area (Å²) >= 11 is 2.77. The van der Waals surface area contributed by atoms with Crippen molar-refractivity contribution >= 4 is 62.4 Å². The average Bonchev–Trinajstić information content (AvgIpc) is 3.21. The highest BCUT2D eigenvalue weighted by Gasteiger charge is 2.24. The molecule has 8 nitrogen and oxygen atoms in total. The van der Waals surface area contributed by atoms with Crippen molar-refractivity contribution in [1.82, 2.24) is 25.1 Å². The molecule has 5 rings (SSSR count). The number of aromatic nitrogens is 4. The lowest BCUT2D eigenvalue weighted by Gasteiger charge is -2.16. The number of rotatable bonds is 7. The van der Waals surface area contributed by atoms with Gasteiger partial charge >= 0.3 is 0 Å². The van der Waals surface area contributed by atoms with E-state index >= 15 is 0 Å². The number of hydrogen-bond acceptors (Lipinski definition) is 8. The number of hydrogen-bond donors (Lipinski definition) is 1. The van der Waals surface area contributed by atoms with Crippen molar-refractivity contribution < 1.29 is 4.79 Å². The number of fused-ring (bicyclic) bond motifs is 3. The van der Waals surface area contributed by atoms with Gasteiger partial charge in [-0.15, -0.1) is 21.9 Å². The maximum Gasteiger partial charge on any atom is 0.239 e. The molecule has 10 heteroatoms. The van der Waals surface area contributed by atoms with E-state index in [4.69, 9.17) is 4.98 Å². The zero-order valence-electron chi connectivity index (χ0n) is 20.0. The van der Waals surface area contributed by atoms with E-state index in [1.54, 1.807) is 0 Å². The van der Waals surface area contributed by atoms with Crippen LogP contribution in [0.5, 0.6) is 0 Å². The van der Waals surface area contributed by atoms with E-state index in [0.717, 1.165) is 33.3 Å². The molecule has 1 amide bonds. The highest BCUT2D eigenvalue weighted by molar-refractivity contribution is 8.14. The summed E-state index contributed by atoms with van der Waals surface area (Å²) in [6.07, 6.45) is 2.43. The van der Waals surface area contributed by atoms with E-state index in [9.17, 15) is 4.79 Å². The van der Waals surface area contributed by atoms with Gasteiger partial charge in [-0.1, -0.05) is 84.6 Å². The first kappa shape index (κ1) is 24.2. The summed E-state index contributed by atoms with van der Waals surface area (Å²) in [4.78, 5) is 17.8. The molecular formula is C26H25N7OS2. The highest BCUT2D eigenvalue weighted by Crippen LogP contribution is 2.29. The number of amides is 1. The standard InChI is InChI=1S/C26H25N7OS2/c1-4-14-33-20-9-7-6-8-18(20)22-23(33)27-26(32-30-22)36-21(5-2)24(34)28-25-31-29-19(15-35-25)17-12-10-16(3)11-13-17/h4,6-13,21H,1,5,14-15H2,2-3H3,(H,28,31,34). The smallest absolute Gasteiger partial charge is 0.239 e. The molecule has 0 fully saturated rings. The van der Waals surface area contributed by atoms with Crippen LogP contribution < -0.4 is 5.32 Å². The van der Waals surface area contributed by atoms with E-state index in [0.29, 0.717) is 29.0 Å². The van der Waals surface area contributed by atoms with Gasteiger partial charge in [0.25, 0.3) is 0 Å². The predicted octanol–water partition coefficient (Wildman–Crippen LogP) is 4.97. The first-order valence-electron chi connectivity index (χ1n) is 11.6. The molecule has 1 aliphatic heterocycles. The monoisotopic (exact) mass is 515 g/mol. The number of benzene rings is 2. The summed E-state index contributed by atoms with van der Waals surface area (Å²) in [6.45, 7) is 8.49. The molecule has 1 aliphatic rings. The second-order valence-electron chi connectivity index (χ2n) is 8.29. The van der Waals surface area contributed by atoms with Crippen LogP contribution in [-0.2, 0) is 11.3 Å². The second kappa shape index (κ2) is 10.6. The summed E-state index contributed by atoms with van der Waals surface area (Å²) < 4.78 is 2.06. The number of allylic oxidation sites excluding steroid dienone is 1. The Bertz CT molecular complexity index is 1510. The van der Waals surface area contributed by atoms with E-state index in [2.05, 4.69) is 55.9 Å². The van der Waals surface area contributed by atoms with Gasteiger partial charge in [-0.05, 0) is 25.0 Å². The molecule has 4 aromatic rings. The minimum Gasteiger partial charge on any atom is -0.320 e. The minimum absolute atomic E-state index is 0.155. The number of para-hydroxylation sites is 1. The predicted molar refractivity (Wildman–Crippen MR) is 149 cm³/mol. The molecule has 36 heavy (non-hydrogen) atoms. The first-order valence-corrected chi connectivity index (χ1v) is 13.5. The van der Waals surface area contributed by atoms with E-state index in [-0.39, 0.29) is 5.91 Å². The SMILES string of the molecule is C=CCn1c2ccccc2c2nnc(SC(CC)C(=O)NC3=NN=C(c4ccc(C)cc4)CS3)nc21. The summed E-state index contributed by atoms with van der Waals surface area (Å²) in [5.41, 5.74) is 5.63. The molecule has 0 bridgehead atoms. The van der Waals surface area contributed by atoms with Gasteiger partial charge in [0, 0.05) is 17.7 Å². The molecule has 182 valence electrons. The van der Waals surface area contributed by atoms with E-state index in [1.165, 1.54) is 29.1 Å². The van der Waals surface area contributed by atoms with E-state index < -0.39 is 5.25 Å². The quantitative estimate of drug-likeness (QED) is 0.276. The Balaban J connectivity index is 1.33. The third-order valence-electron chi connectivity index (χ3n) is 5.80. The van der Waals surface area contributed by atoms with Crippen molar-refractivity contribution in [3.8, 4) is 0 Å². The molecule has 2 aromatic heterocycles. The Morgan fingerprint density at radius 2 is 2.00 bits per heavy atom. The Morgan fingerprint density at radius 1 is 1.19 bits per heavy atom. The number of nitrogens with zero attached hydrogens (tertiary/aromatic N) is 6. The number of amidine groups is 1. The molecule has 1 unspecified atom stereocenters. The van der Waals surface area contributed by atoms with Crippen LogP contribution in [0.3, 0.4) is 0 Å². The lowest BCUT2D eigenvalue weighted by molar-refractivity contribution is -0.119. The fourth-order valence-corrected chi connectivity index (χ4v) is 5.52. The van der Waals surface area contributed by atoms with Crippen molar-refractivity contribution in [3.05, 3.63) is 72.3 Å². The Morgan fingerprint density at radius 3 is 2.72 bits per heavy atom. The Hall–Kier alpha value is -3.50. The molecule has 0 radical (unpaired) electrons. The number of carbonyl (C=O) groups is 1. The highest BCUT2D eigenvalue weighted by atomic mass is 32.2. The molecule has 1 atom stereocenters. The number of thioether (sulfide) groups is 2. The normalized spacial score (nSPS) is 14.4. The Kier molecular flexibility index (Phi) is 7.15. The van der Waals surface area contributed by atoms with Crippen molar-refractivity contribution in [2.75, 3.05) is 5.75 Å². The van der Waals surface area contributed by atoms with Gasteiger partial charge in [0.05, 0.1) is 16.5 Å². The van der Waals surface area contributed by atoms with Crippen LogP contribution >= 0.6 is 23.5 Å². The molecule has 3 heterocycles. The van der Waals surface area contributed by atoms with Crippen LogP contribution in [0.2, 0.25) is 0 Å².